The number of nitrogens with zero attached hydrogens (tertiary/aromatic N) is 1. The van der Waals surface area contributed by atoms with Crippen molar-refractivity contribution in [3.8, 4) is 0 Å². The SMILES string of the molecule is O=C(N[C@H]1CCN(CCC(F)(F)F)C1)C1=C2C=CC=C2C=C1. The highest BCUT2D eigenvalue weighted by Crippen LogP contribution is 2.30. The Kier molecular flexibility index (Phi) is 3.95. The van der Waals surface area contributed by atoms with Crippen molar-refractivity contribution in [2.45, 2.75) is 25.1 Å². The molecule has 0 bridgehead atoms. The van der Waals surface area contributed by atoms with Crippen LogP contribution in [-0.4, -0.2) is 42.7 Å². The summed E-state index contributed by atoms with van der Waals surface area (Å²) in [5, 5.41) is 2.93. The molecule has 1 N–H and O–H groups in total. The van der Waals surface area contributed by atoms with E-state index in [4.69, 9.17) is 0 Å². The Balaban J connectivity index is 1.52. The standard InChI is InChI=1S/C16H17F3N2O/c17-16(18,19)7-9-21-8-6-12(10-21)20-15(22)14-5-4-11-2-1-3-13(11)14/h1-5,12H,6-10H2,(H,20,22)/t12-/m0/s1. The van der Waals surface area contributed by atoms with E-state index in [1.54, 1.807) is 11.0 Å². The number of carbonyl (C=O) groups is 1. The lowest BCUT2D eigenvalue weighted by atomic mass is 10.1. The first-order chi connectivity index (χ1) is 10.4. The Morgan fingerprint density at radius 3 is 2.91 bits per heavy atom. The van der Waals surface area contributed by atoms with E-state index in [1.165, 1.54) is 0 Å². The molecule has 0 spiro atoms. The van der Waals surface area contributed by atoms with E-state index in [2.05, 4.69) is 5.32 Å². The van der Waals surface area contributed by atoms with Crippen molar-refractivity contribution in [2.24, 2.45) is 0 Å². The summed E-state index contributed by atoms with van der Waals surface area (Å²) in [6.07, 6.45) is 5.19. The number of hydrogen-bond donors (Lipinski definition) is 1. The molecule has 0 aromatic rings. The number of likely N-dealkylation sites (tertiary alicyclic amines) is 1. The van der Waals surface area contributed by atoms with Gasteiger partial charge in [0.15, 0.2) is 0 Å². The maximum atomic E-state index is 12.3. The Morgan fingerprint density at radius 2 is 2.14 bits per heavy atom. The van der Waals surface area contributed by atoms with Gasteiger partial charge in [-0.25, -0.2) is 0 Å². The van der Waals surface area contributed by atoms with Crippen LogP contribution in [0.15, 0.2) is 47.1 Å². The third kappa shape index (κ3) is 3.32. The van der Waals surface area contributed by atoms with Gasteiger partial charge in [0, 0.05) is 31.2 Å². The minimum Gasteiger partial charge on any atom is -0.348 e. The molecule has 3 aliphatic rings. The Labute approximate surface area is 126 Å². The van der Waals surface area contributed by atoms with Crippen LogP contribution in [0.5, 0.6) is 0 Å². The number of allylic oxidation sites excluding steroid dienone is 6. The van der Waals surface area contributed by atoms with Crippen molar-refractivity contribution in [1.29, 1.82) is 0 Å². The third-order valence-corrected chi connectivity index (χ3v) is 4.13. The molecular formula is C16H17F3N2O. The Bertz CT molecular complexity index is 599. The van der Waals surface area contributed by atoms with Crippen LogP contribution in [-0.2, 0) is 4.79 Å². The summed E-state index contributed by atoms with van der Waals surface area (Å²) in [6, 6.07) is -0.0827. The third-order valence-electron chi connectivity index (χ3n) is 4.13. The van der Waals surface area contributed by atoms with Crippen molar-refractivity contribution in [3.63, 3.8) is 0 Å². The van der Waals surface area contributed by atoms with E-state index < -0.39 is 12.6 Å². The van der Waals surface area contributed by atoms with Crippen LogP contribution >= 0.6 is 0 Å². The maximum absolute atomic E-state index is 12.3. The predicted molar refractivity (Wildman–Crippen MR) is 77.0 cm³/mol. The largest absolute Gasteiger partial charge is 0.390 e. The fourth-order valence-corrected chi connectivity index (χ4v) is 2.99. The quantitative estimate of drug-likeness (QED) is 0.865. The first-order valence-electron chi connectivity index (χ1n) is 7.33. The fourth-order valence-electron chi connectivity index (χ4n) is 2.99. The highest BCUT2D eigenvalue weighted by molar-refractivity contribution is 6.00. The van der Waals surface area contributed by atoms with Gasteiger partial charge in [0.25, 0.3) is 5.91 Å². The first-order valence-corrected chi connectivity index (χ1v) is 7.33. The number of halogens is 3. The zero-order valence-electron chi connectivity index (χ0n) is 12.0. The summed E-state index contributed by atoms with van der Waals surface area (Å²) in [5.74, 6) is -0.149. The average Bonchev–Trinajstić information content (AvgIpc) is 3.11. The van der Waals surface area contributed by atoms with Gasteiger partial charge in [-0.05, 0) is 23.6 Å². The van der Waals surface area contributed by atoms with Crippen molar-refractivity contribution in [3.05, 3.63) is 47.1 Å². The lowest BCUT2D eigenvalue weighted by molar-refractivity contribution is -0.137. The molecule has 1 aliphatic heterocycles. The highest BCUT2D eigenvalue weighted by atomic mass is 19.4. The monoisotopic (exact) mass is 310 g/mol. The Morgan fingerprint density at radius 1 is 1.32 bits per heavy atom. The van der Waals surface area contributed by atoms with E-state index in [0.717, 1.165) is 11.1 Å². The van der Waals surface area contributed by atoms with Gasteiger partial charge in [0.05, 0.1) is 6.42 Å². The molecule has 0 aromatic carbocycles. The molecule has 6 heteroatoms. The topological polar surface area (TPSA) is 32.3 Å². The molecule has 1 saturated heterocycles. The molecule has 3 nitrogen and oxygen atoms in total. The van der Waals surface area contributed by atoms with E-state index in [9.17, 15) is 18.0 Å². The van der Waals surface area contributed by atoms with E-state index in [0.29, 0.717) is 25.1 Å². The van der Waals surface area contributed by atoms with Gasteiger partial charge in [-0.15, -0.1) is 0 Å². The van der Waals surface area contributed by atoms with Crippen LogP contribution < -0.4 is 5.32 Å². The van der Waals surface area contributed by atoms with Crippen LogP contribution in [0, 0.1) is 0 Å². The Hall–Kier alpha value is -1.82. The number of alkyl halides is 3. The van der Waals surface area contributed by atoms with Crippen molar-refractivity contribution >= 4 is 5.91 Å². The number of fused-ring (bicyclic) bond motifs is 1. The van der Waals surface area contributed by atoms with Gasteiger partial charge in [-0.3, -0.25) is 4.79 Å². The van der Waals surface area contributed by atoms with Gasteiger partial charge < -0.3 is 10.2 Å². The molecule has 1 fully saturated rings. The smallest absolute Gasteiger partial charge is 0.348 e. The lowest BCUT2D eigenvalue weighted by Gasteiger charge is -2.17. The summed E-state index contributed by atoms with van der Waals surface area (Å²) < 4.78 is 36.7. The minimum atomic E-state index is -4.12. The number of carbonyl (C=O) groups excluding carboxylic acids is 1. The molecule has 3 rings (SSSR count). The normalized spacial score (nSPS) is 24.1. The van der Waals surface area contributed by atoms with Crippen molar-refractivity contribution in [1.82, 2.24) is 10.2 Å². The van der Waals surface area contributed by atoms with Gasteiger partial charge in [0.2, 0.25) is 0 Å². The van der Waals surface area contributed by atoms with Crippen LogP contribution in [0.1, 0.15) is 12.8 Å². The number of rotatable bonds is 4. The van der Waals surface area contributed by atoms with Crippen molar-refractivity contribution in [2.75, 3.05) is 19.6 Å². The minimum absolute atomic E-state index is 0.000651. The van der Waals surface area contributed by atoms with E-state index in [1.807, 2.05) is 24.3 Å². The summed E-state index contributed by atoms with van der Waals surface area (Å²) in [6.45, 7) is 1.07. The molecule has 0 aromatic heterocycles. The molecule has 0 unspecified atom stereocenters. The number of hydrogen-bond acceptors (Lipinski definition) is 2. The van der Waals surface area contributed by atoms with Gasteiger partial charge >= 0.3 is 6.18 Å². The molecule has 0 saturated carbocycles. The zero-order chi connectivity index (χ0) is 15.7. The molecule has 1 atom stereocenters. The van der Waals surface area contributed by atoms with Crippen LogP contribution in [0.3, 0.4) is 0 Å². The molecule has 118 valence electrons. The zero-order valence-corrected chi connectivity index (χ0v) is 12.0. The number of amides is 1. The second-order valence-electron chi connectivity index (χ2n) is 5.77. The van der Waals surface area contributed by atoms with Gasteiger partial charge in [-0.2, -0.15) is 13.2 Å². The molecule has 2 aliphatic carbocycles. The average molecular weight is 310 g/mol. The maximum Gasteiger partial charge on any atom is 0.390 e. The molecule has 22 heavy (non-hydrogen) atoms. The first kappa shape index (κ1) is 15.1. The fraction of sp³-hybridized carbons (Fsp3) is 0.438. The van der Waals surface area contributed by atoms with Crippen molar-refractivity contribution < 1.29 is 18.0 Å². The summed E-state index contributed by atoms with van der Waals surface area (Å²) in [7, 11) is 0. The lowest BCUT2D eigenvalue weighted by Crippen LogP contribution is -2.38. The number of nitrogens with one attached hydrogen (secondary N) is 1. The molecule has 1 heterocycles. The van der Waals surface area contributed by atoms with Gasteiger partial charge in [-0.1, -0.05) is 24.3 Å². The van der Waals surface area contributed by atoms with Crippen LogP contribution in [0.25, 0.3) is 0 Å². The molecular weight excluding hydrogens is 293 g/mol. The van der Waals surface area contributed by atoms with Crippen LogP contribution in [0.2, 0.25) is 0 Å². The summed E-state index contributed by atoms with van der Waals surface area (Å²) >= 11 is 0. The molecule has 1 amide bonds. The van der Waals surface area contributed by atoms with E-state index >= 15 is 0 Å². The second kappa shape index (κ2) is 5.76. The van der Waals surface area contributed by atoms with Crippen LogP contribution in [0.4, 0.5) is 13.2 Å². The summed E-state index contributed by atoms with van der Waals surface area (Å²) in [4.78, 5) is 14.0. The highest BCUT2D eigenvalue weighted by Gasteiger charge is 2.31. The second-order valence-corrected chi connectivity index (χ2v) is 5.77. The van der Waals surface area contributed by atoms with Gasteiger partial charge in [0.1, 0.15) is 0 Å². The molecule has 0 radical (unpaired) electrons. The predicted octanol–water partition coefficient (Wildman–Crippen LogP) is 2.49. The summed E-state index contributed by atoms with van der Waals surface area (Å²) in [5.41, 5.74) is 2.58. The van der Waals surface area contributed by atoms with E-state index in [-0.39, 0.29) is 18.5 Å².